The summed E-state index contributed by atoms with van der Waals surface area (Å²) in [5.41, 5.74) is 0. The Hall–Kier alpha value is -0.0400. The number of nitrogens with zero attached hydrogens (tertiary/aromatic N) is 1. The third kappa shape index (κ3) is 3.24. The minimum absolute atomic E-state index is 0.756. The summed E-state index contributed by atoms with van der Waals surface area (Å²) >= 11 is 0. The summed E-state index contributed by atoms with van der Waals surface area (Å²) in [6, 6.07) is 1.68. The maximum absolute atomic E-state index is 2.85. The Morgan fingerprint density at radius 1 is 0.650 bits per heavy atom. The fourth-order valence-electron chi connectivity index (χ4n) is 5.25. The molecule has 0 spiro atoms. The number of likely N-dealkylation sites (tertiary alicyclic amines) is 1. The second kappa shape index (κ2) is 6.81. The van der Waals surface area contributed by atoms with Crippen LogP contribution >= 0.6 is 0 Å². The van der Waals surface area contributed by atoms with Gasteiger partial charge in [0.05, 0.1) is 0 Å². The molecule has 3 atom stereocenters. The van der Waals surface area contributed by atoms with Crippen LogP contribution < -0.4 is 0 Å². The molecule has 2 saturated carbocycles. The second-order valence-corrected chi connectivity index (χ2v) is 8.11. The van der Waals surface area contributed by atoms with E-state index < -0.39 is 0 Å². The molecule has 0 N–H and O–H groups in total. The van der Waals surface area contributed by atoms with E-state index in [1.165, 1.54) is 51.5 Å². The van der Waals surface area contributed by atoms with Crippen molar-refractivity contribution in [3.05, 3.63) is 0 Å². The Balaban J connectivity index is 1.58. The molecule has 0 bridgehead atoms. The lowest BCUT2D eigenvalue weighted by Gasteiger charge is -2.43. The Morgan fingerprint density at radius 3 is 1.95 bits per heavy atom. The topological polar surface area (TPSA) is 3.24 Å². The second-order valence-electron chi connectivity index (χ2n) is 8.11. The zero-order valence-corrected chi connectivity index (χ0v) is 13.8. The lowest BCUT2D eigenvalue weighted by Crippen LogP contribution is -2.47. The molecule has 116 valence electrons. The normalized spacial score (nSPS) is 37.6. The highest BCUT2D eigenvalue weighted by Gasteiger charge is 2.35. The molecule has 3 aliphatic rings. The minimum Gasteiger partial charge on any atom is -0.298 e. The van der Waals surface area contributed by atoms with Crippen LogP contribution in [-0.4, -0.2) is 23.5 Å². The average Bonchev–Trinajstić information content (AvgIpc) is 2.63. The van der Waals surface area contributed by atoms with Crippen LogP contribution in [0, 0.1) is 17.8 Å². The highest BCUT2D eigenvalue weighted by molar-refractivity contribution is 4.88. The summed E-state index contributed by atoms with van der Waals surface area (Å²) < 4.78 is 0. The van der Waals surface area contributed by atoms with Crippen LogP contribution in [0.5, 0.6) is 0 Å². The fraction of sp³-hybridized carbons (Fsp3) is 1.00. The van der Waals surface area contributed by atoms with Crippen LogP contribution in [0.2, 0.25) is 0 Å². The molecule has 0 radical (unpaired) electrons. The molecule has 0 aromatic heterocycles. The largest absolute Gasteiger partial charge is 0.298 e. The van der Waals surface area contributed by atoms with Crippen molar-refractivity contribution in [2.75, 3.05) is 6.54 Å². The van der Waals surface area contributed by atoms with E-state index in [4.69, 9.17) is 0 Å². The molecule has 1 nitrogen and oxygen atoms in total. The molecule has 1 heterocycles. The van der Waals surface area contributed by atoms with E-state index in [1.807, 2.05) is 0 Å². The molecule has 0 aromatic carbocycles. The van der Waals surface area contributed by atoms with Crippen LogP contribution in [0.3, 0.4) is 0 Å². The summed E-state index contributed by atoms with van der Waals surface area (Å²) in [6.07, 6.45) is 16.7. The van der Waals surface area contributed by atoms with E-state index in [2.05, 4.69) is 18.7 Å². The molecule has 0 aromatic rings. The van der Waals surface area contributed by atoms with Gasteiger partial charge in [-0.05, 0) is 70.3 Å². The number of piperidine rings is 1. The molecule has 3 rings (SSSR count). The molecular weight excluding hydrogens is 242 g/mol. The van der Waals surface area contributed by atoms with Gasteiger partial charge >= 0.3 is 0 Å². The quantitative estimate of drug-likeness (QED) is 0.637. The Labute approximate surface area is 126 Å². The first kappa shape index (κ1) is 14.9. The number of hydrogen-bond donors (Lipinski definition) is 0. The summed E-state index contributed by atoms with van der Waals surface area (Å²) in [7, 11) is 0. The standard InChI is InChI=1S/C19H35N/c1-15(2)20-14-4-3-11-19(20)18-10-6-9-17(12-13-18)16-7-5-8-16/h15-19H,3-14H2,1-2H3. The molecular formula is C19H35N. The van der Waals surface area contributed by atoms with E-state index in [0.29, 0.717) is 0 Å². The lowest BCUT2D eigenvalue weighted by atomic mass is 9.73. The third-order valence-corrected chi connectivity index (χ3v) is 6.67. The van der Waals surface area contributed by atoms with Crippen LogP contribution in [0.4, 0.5) is 0 Å². The number of hydrogen-bond acceptors (Lipinski definition) is 1. The van der Waals surface area contributed by atoms with Crippen molar-refractivity contribution in [1.82, 2.24) is 4.90 Å². The summed E-state index contributed by atoms with van der Waals surface area (Å²) in [6.45, 7) is 6.18. The maximum atomic E-state index is 2.85. The molecule has 2 aliphatic carbocycles. The predicted octanol–water partition coefficient (Wildman–Crippen LogP) is 5.25. The van der Waals surface area contributed by atoms with Crippen LogP contribution in [0.15, 0.2) is 0 Å². The molecule has 1 aliphatic heterocycles. The number of rotatable bonds is 3. The van der Waals surface area contributed by atoms with Crippen LogP contribution in [0.1, 0.15) is 84.5 Å². The van der Waals surface area contributed by atoms with E-state index in [1.54, 1.807) is 25.7 Å². The molecule has 0 amide bonds. The van der Waals surface area contributed by atoms with Crippen molar-refractivity contribution in [1.29, 1.82) is 0 Å². The first-order valence-corrected chi connectivity index (χ1v) is 9.51. The van der Waals surface area contributed by atoms with Gasteiger partial charge < -0.3 is 0 Å². The SMILES string of the molecule is CC(C)N1CCCCC1C1CCCC(C2CCC2)CC1. The van der Waals surface area contributed by atoms with Gasteiger partial charge in [0.2, 0.25) is 0 Å². The van der Waals surface area contributed by atoms with Gasteiger partial charge in [0, 0.05) is 12.1 Å². The van der Waals surface area contributed by atoms with Crippen molar-refractivity contribution in [3.8, 4) is 0 Å². The molecule has 1 saturated heterocycles. The van der Waals surface area contributed by atoms with Crippen molar-refractivity contribution >= 4 is 0 Å². The average molecular weight is 277 g/mol. The fourth-order valence-corrected chi connectivity index (χ4v) is 5.25. The Morgan fingerprint density at radius 2 is 1.25 bits per heavy atom. The first-order chi connectivity index (χ1) is 9.75. The summed E-state index contributed by atoms with van der Waals surface area (Å²) in [4.78, 5) is 2.85. The summed E-state index contributed by atoms with van der Waals surface area (Å²) in [5.74, 6) is 3.24. The van der Waals surface area contributed by atoms with Crippen LogP contribution in [0.25, 0.3) is 0 Å². The van der Waals surface area contributed by atoms with Crippen molar-refractivity contribution < 1.29 is 0 Å². The van der Waals surface area contributed by atoms with Gasteiger partial charge in [0.15, 0.2) is 0 Å². The highest BCUT2D eigenvalue weighted by atomic mass is 15.2. The van der Waals surface area contributed by atoms with Crippen molar-refractivity contribution in [2.24, 2.45) is 17.8 Å². The Bertz CT molecular complexity index is 294. The minimum atomic E-state index is 0.756. The van der Waals surface area contributed by atoms with E-state index >= 15 is 0 Å². The van der Waals surface area contributed by atoms with Gasteiger partial charge in [-0.25, -0.2) is 0 Å². The van der Waals surface area contributed by atoms with Gasteiger partial charge in [-0.1, -0.05) is 38.5 Å². The zero-order chi connectivity index (χ0) is 13.9. The van der Waals surface area contributed by atoms with E-state index in [9.17, 15) is 0 Å². The van der Waals surface area contributed by atoms with Gasteiger partial charge in [0.1, 0.15) is 0 Å². The Kier molecular flexibility index (Phi) is 5.07. The van der Waals surface area contributed by atoms with Crippen molar-refractivity contribution in [2.45, 2.75) is 96.6 Å². The van der Waals surface area contributed by atoms with E-state index in [-0.39, 0.29) is 0 Å². The molecule has 3 fully saturated rings. The zero-order valence-electron chi connectivity index (χ0n) is 13.8. The maximum Gasteiger partial charge on any atom is 0.0126 e. The molecule has 1 heteroatoms. The predicted molar refractivity (Wildman–Crippen MR) is 86.9 cm³/mol. The van der Waals surface area contributed by atoms with Crippen LogP contribution in [-0.2, 0) is 0 Å². The van der Waals surface area contributed by atoms with E-state index in [0.717, 1.165) is 29.8 Å². The highest BCUT2D eigenvalue weighted by Crippen LogP contribution is 2.43. The third-order valence-electron chi connectivity index (χ3n) is 6.67. The first-order valence-electron chi connectivity index (χ1n) is 9.51. The van der Waals surface area contributed by atoms with Crippen molar-refractivity contribution in [3.63, 3.8) is 0 Å². The smallest absolute Gasteiger partial charge is 0.0126 e. The molecule has 3 unspecified atom stereocenters. The molecule has 20 heavy (non-hydrogen) atoms. The van der Waals surface area contributed by atoms with Gasteiger partial charge in [-0.15, -0.1) is 0 Å². The van der Waals surface area contributed by atoms with Gasteiger partial charge in [-0.2, -0.15) is 0 Å². The lowest BCUT2D eigenvalue weighted by molar-refractivity contribution is 0.0626. The summed E-state index contributed by atoms with van der Waals surface area (Å²) in [5, 5.41) is 0. The van der Waals surface area contributed by atoms with Gasteiger partial charge in [-0.3, -0.25) is 4.90 Å². The monoisotopic (exact) mass is 277 g/mol. The van der Waals surface area contributed by atoms with Gasteiger partial charge in [0.25, 0.3) is 0 Å².